The van der Waals surface area contributed by atoms with Crippen LogP contribution in [0.1, 0.15) is 62.1 Å². The molecule has 1 aliphatic carbocycles. The van der Waals surface area contributed by atoms with Crippen LogP contribution in [0, 0.1) is 24.7 Å². The van der Waals surface area contributed by atoms with Gasteiger partial charge >= 0.3 is 0 Å². The Kier molecular flexibility index (Phi) is 7.12. The molecule has 0 aromatic heterocycles. The Morgan fingerprint density at radius 2 is 1.87 bits per heavy atom. The van der Waals surface area contributed by atoms with Crippen LogP contribution in [0.2, 0.25) is 0 Å². The fourth-order valence-electron chi connectivity index (χ4n) is 5.99. The first kappa shape index (κ1) is 22.1. The molecule has 0 radical (unpaired) electrons. The van der Waals surface area contributed by atoms with Crippen molar-refractivity contribution in [2.45, 2.75) is 70.9 Å². The summed E-state index contributed by atoms with van der Waals surface area (Å²) >= 11 is 0. The van der Waals surface area contributed by atoms with Gasteiger partial charge in [0.25, 0.3) is 0 Å². The number of hydrogen-bond donors (Lipinski definition) is 2. The third-order valence-electron chi connectivity index (χ3n) is 7.51. The van der Waals surface area contributed by atoms with Gasteiger partial charge in [-0.2, -0.15) is 0 Å². The molecule has 1 heterocycles. The molecule has 2 fully saturated rings. The molecule has 0 spiro atoms. The van der Waals surface area contributed by atoms with Gasteiger partial charge in [0.2, 0.25) is 5.91 Å². The van der Waals surface area contributed by atoms with Crippen LogP contribution in [0.3, 0.4) is 0 Å². The van der Waals surface area contributed by atoms with Crippen LogP contribution in [-0.4, -0.2) is 24.5 Å². The van der Waals surface area contributed by atoms with Gasteiger partial charge < -0.3 is 10.6 Å². The van der Waals surface area contributed by atoms with Crippen LogP contribution in [0.5, 0.6) is 0 Å². The minimum Gasteiger partial charge on any atom is -0.352 e. The number of carbonyl (C=O) groups is 1. The Bertz CT molecular complexity index is 862. The maximum absolute atomic E-state index is 13.2. The molecule has 1 aliphatic heterocycles. The molecule has 2 aromatic carbocycles. The molecule has 2 unspecified atom stereocenters. The highest BCUT2D eigenvalue weighted by Crippen LogP contribution is 2.40. The molecule has 3 heteroatoms. The topological polar surface area (TPSA) is 41.1 Å². The first-order valence-electron chi connectivity index (χ1n) is 12.2. The van der Waals surface area contributed by atoms with E-state index >= 15 is 0 Å². The highest BCUT2D eigenvalue weighted by atomic mass is 16.2. The second kappa shape index (κ2) is 9.99. The number of benzene rings is 2. The van der Waals surface area contributed by atoms with E-state index in [4.69, 9.17) is 0 Å². The number of fused-ring (bicyclic) bond motifs is 1. The first-order chi connectivity index (χ1) is 15.0. The Labute approximate surface area is 188 Å². The van der Waals surface area contributed by atoms with Crippen LogP contribution in [0.4, 0.5) is 0 Å². The van der Waals surface area contributed by atoms with E-state index in [0.29, 0.717) is 23.9 Å². The molecule has 2 N–H and O–H groups in total. The zero-order valence-corrected chi connectivity index (χ0v) is 19.3. The number of aryl methyl sites for hydroxylation is 2. The number of hydrogen-bond acceptors (Lipinski definition) is 2. The van der Waals surface area contributed by atoms with Gasteiger partial charge in [-0.05, 0) is 67.9 Å². The standard InChI is InChI=1S/C28H38N2O/c1-19(2)27(22-12-5-4-6-13-22)28(31)30-26-16-15-23-24(26)18-29-25(23)14-8-11-21-10-7-9-20(3)17-21/h4-7,9-10,12-13,17,19,23-27,29H,8,11,14-16,18H2,1-3H3,(H,30,31)/t23-,24-,25?,26-,27?/m0/s1. The Balaban J connectivity index is 1.31. The normalized spacial score (nSPS) is 26.1. The molecule has 31 heavy (non-hydrogen) atoms. The number of rotatable bonds is 8. The zero-order valence-electron chi connectivity index (χ0n) is 19.3. The van der Waals surface area contributed by atoms with Gasteiger partial charge in [0, 0.05) is 18.6 Å². The van der Waals surface area contributed by atoms with Gasteiger partial charge in [-0.1, -0.05) is 74.0 Å². The van der Waals surface area contributed by atoms with E-state index in [2.05, 4.69) is 67.8 Å². The maximum atomic E-state index is 13.2. The van der Waals surface area contributed by atoms with Gasteiger partial charge in [0.1, 0.15) is 0 Å². The summed E-state index contributed by atoms with van der Waals surface area (Å²) < 4.78 is 0. The summed E-state index contributed by atoms with van der Waals surface area (Å²) in [4.78, 5) is 13.2. The van der Waals surface area contributed by atoms with Crippen molar-refractivity contribution in [2.75, 3.05) is 6.54 Å². The van der Waals surface area contributed by atoms with Crippen LogP contribution in [0.25, 0.3) is 0 Å². The van der Waals surface area contributed by atoms with E-state index in [-0.39, 0.29) is 17.7 Å². The monoisotopic (exact) mass is 418 g/mol. The van der Waals surface area contributed by atoms with Gasteiger partial charge in [0.15, 0.2) is 0 Å². The molecular weight excluding hydrogens is 380 g/mol. The number of nitrogens with one attached hydrogen (secondary N) is 2. The van der Waals surface area contributed by atoms with E-state index in [1.165, 1.54) is 30.4 Å². The molecule has 1 amide bonds. The lowest BCUT2D eigenvalue weighted by atomic mass is 9.86. The van der Waals surface area contributed by atoms with Crippen LogP contribution in [-0.2, 0) is 11.2 Å². The Hall–Kier alpha value is -2.13. The number of amides is 1. The van der Waals surface area contributed by atoms with Crippen molar-refractivity contribution in [3.05, 3.63) is 71.3 Å². The van der Waals surface area contributed by atoms with E-state index in [0.717, 1.165) is 24.9 Å². The van der Waals surface area contributed by atoms with Gasteiger partial charge in [0.05, 0.1) is 5.92 Å². The third-order valence-corrected chi connectivity index (χ3v) is 7.51. The molecule has 1 saturated heterocycles. The lowest BCUT2D eigenvalue weighted by Crippen LogP contribution is -2.42. The summed E-state index contributed by atoms with van der Waals surface area (Å²) in [5, 5.41) is 7.25. The highest BCUT2D eigenvalue weighted by Gasteiger charge is 2.45. The summed E-state index contributed by atoms with van der Waals surface area (Å²) in [5.41, 5.74) is 3.93. The van der Waals surface area contributed by atoms with Gasteiger partial charge in [-0.15, -0.1) is 0 Å². The van der Waals surface area contributed by atoms with Gasteiger partial charge in [-0.25, -0.2) is 0 Å². The van der Waals surface area contributed by atoms with Crippen molar-refractivity contribution < 1.29 is 4.79 Å². The lowest BCUT2D eigenvalue weighted by Gasteiger charge is -2.26. The quantitative estimate of drug-likeness (QED) is 0.615. The minimum absolute atomic E-state index is 0.0697. The lowest BCUT2D eigenvalue weighted by molar-refractivity contribution is -0.124. The SMILES string of the molecule is Cc1cccc(CCCC2NC[C@@H]3[C@@H](NC(=O)C(c4ccccc4)C(C)C)CC[C@H]23)c1. The average molecular weight is 419 g/mol. The molecule has 5 atom stereocenters. The minimum atomic E-state index is -0.0697. The fraction of sp³-hybridized carbons (Fsp3) is 0.536. The van der Waals surface area contributed by atoms with Crippen molar-refractivity contribution in [2.24, 2.45) is 17.8 Å². The molecule has 2 aliphatic rings. The van der Waals surface area contributed by atoms with Gasteiger partial charge in [-0.3, -0.25) is 4.79 Å². The van der Waals surface area contributed by atoms with E-state index in [1.807, 2.05) is 18.2 Å². The van der Waals surface area contributed by atoms with Crippen molar-refractivity contribution in [1.29, 1.82) is 0 Å². The summed E-state index contributed by atoms with van der Waals surface area (Å²) in [7, 11) is 0. The molecule has 4 rings (SSSR count). The fourth-order valence-corrected chi connectivity index (χ4v) is 5.99. The van der Waals surface area contributed by atoms with Crippen LogP contribution >= 0.6 is 0 Å². The average Bonchev–Trinajstić information content (AvgIpc) is 3.32. The van der Waals surface area contributed by atoms with Crippen LogP contribution < -0.4 is 10.6 Å². The largest absolute Gasteiger partial charge is 0.352 e. The van der Waals surface area contributed by atoms with E-state index in [9.17, 15) is 4.79 Å². The first-order valence-corrected chi connectivity index (χ1v) is 12.2. The number of carbonyl (C=O) groups excluding carboxylic acids is 1. The molecule has 166 valence electrons. The smallest absolute Gasteiger partial charge is 0.228 e. The van der Waals surface area contributed by atoms with E-state index in [1.54, 1.807) is 0 Å². The predicted molar refractivity (Wildman–Crippen MR) is 128 cm³/mol. The Morgan fingerprint density at radius 1 is 1.06 bits per heavy atom. The molecular formula is C28H38N2O. The maximum Gasteiger partial charge on any atom is 0.228 e. The summed E-state index contributed by atoms with van der Waals surface area (Å²) in [6, 6.07) is 20.1. The molecule has 0 bridgehead atoms. The van der Waals surface area contributed by atoms with Crippen molar-refractivity contribution in [1.82, 2.24) is 10.6 Å². The molecule has 2 aromatic rings. The summed E-state index contributed by atoms with van der Waals surface area (Å²) in [5.74, 6) is 1.71. The second-order valence-corrected chi connectivity index (χ2v) is 10.0. The van der Waals surface area contributed by atoms with Crippen LogP contribution in [0.15, 0.2) is 54.6 Å². The van der Waals surface area contributed by atoms with Crippen molar-refractivity contribution in [3.8, 4) is 0 Å². The second-order valence-electron chi connectivity index (χ2n) is 10.0. The van der Waals surface area contributed by atoms with Crippen molar-refractivity contribution >= 4 is 5.91 Å². The molecule has 3 nitrogen and oxygen atoms in total. The molecule has 1 saturated carbocycles. The van der Waals surface area contributed by atoms with E-state index < -0.39 is 0 Å². The summed E-state index contributed by atoms with van der Waals surface area (Å²) in [6.45, 7) is 7.51. The Morgan fingerprint density at radius 3 is 2.61 bits per heavy atom. The predicted octanol–water partition coefficient (Wildman–Crippen LogP) is 5.24. The zero-order chi connectivity index (χ0) is 21.8. The third kappa shape index (κ3) is 5.20. The highest BCUT2D eigenvalue weighted by molar-refractivity contribution is 5.84. The summed E-state index contributed by atoms with van der Waals surface area (Å²) in [6.07, 6.45) is 5.97. The van der Waals surface area contributed by atoms with Crippen molar-refractivity contribution in [3.63, 3.8) is 0 Å².